The molecule has 0 aliphatic heterocycles. The Morgan fingerprint density at radius 3 is 2.46 bits per heavy atom. The molecule has 0 radical (unpaired) electrons. The maximum absolute atomic E-state index is 6.14. The van der Waals surface area contributed by atoms with Gasteiger partial charge in [-0.05, 0) is 32.1 Å². The van der Waals surface area contributed by atoms with Gasteiger partial charge >= 0.3 is 0 Å². The lowest BCUT2D eigenvalue weighted by atomic mass is 9.82. The molecule has 1 aliphatic rings. The van der Waals surface area contributed by atoms with Crippen LogP contribution in [0, 0.1) is 5.92 Å². The molecule has 0 spiro atoms. The Morgan fingerprint density at radius 1 is 1.31 bits per heavy atom. The van der Waals surface area contributed by atoms with Gasteiger partial charge in [-0.3, -0.25) is 0 Å². The lowest BCUT2D eigenvalue weighted by Gasteiger charge is -2.28. The molecule has 2 atom stereocenters. The van der Waals surface area contributed by atoms with Gasteiger partial charge in [-0.1, -0.05) is 19.3 Å². The van der Waals surface area contributed by atoms with E-state index in [0.717, 1.165) is 12.3 Å². The highest BCUT2D eigenvalue weighted by Gasteiger charge is 2.21. The van der Waals surface area contributed by atoms with E-state index < -0.39 is 0 Å². The van der Waals surface area contributed by atoms with Gasteiger partial charge in [-0.2, -0.15) is 0 Å². The van der Waals surface area contributed by atoms with Crippen molar-refractivity contribution in [3.63, 3.8) is 0 Å². The summed E-state index contributed by atoms with van der Waals surface area (Å²) in [4.78, 5) is 0. The lowest BCUT2D eigenvalue weighted by molar-refractivity contribution is 0.0942. The summed E-state index contributed by atoms with van der Waals surface area (Å²) in [6, 6.07) is 0.357. The van der Waals surface area contributed by atoms with Gasteiger partial charge in [0.05, 0.1) is 6.10 Å². The molecule has 2 N–H and O–H groups in total. The van der Waals surface area contributed by atoms with E-state index in [2.05, 4.69) is 6.92 Å². The zero-order chi connectivity index (χ0) is 9.68. The van der Waals surface area contributed by atoms with Crippen LogP contribution in [-0.4, -0.2) is 19.3 Å². The summed E-state index contributed by atoms with van der Waals surface area (Å²) >= 11 is 0. The van der Waals surface area contributed by atoms with Crippen LogP contribution in [0.15, 0.2) is 0 Å². The van der Waals surface area contributed by atoms with E-state index in [1.807, 2.05) is 0 Å². The van der Waals surface area contributed by atoms with Gasteiger partial charge < -0.3 is 10.5 Å². The SMILES string of the molecule is COC(C)CC(N)C1CCCCC1. The molecule has 2 unspecified atom stereocenters. The van der Waals surface area contributed by atoms with Crippen LogP contribution in [-0.2, 0) is 4.74 Å². The minimum Gasteiger partial charge on any atom is -0.382 e. The zero-order valence-corrected chi connectivity index (χ0v) is 8.96. The monoisotopic (exact) mass is 185 g/mol. The highest BCUT2D eigenvalue weighted by Crippen LogP contribution is 2.27. The molecule has 2 nitrogen and oxygen atoms in total. The predicted molar refractivity (Wildman–Crippen MR) is 55.6 cm³/mol. The molecule has 0 bridgehead atoms. The molecule has 0 heterocycles. The molecular weight excluding hydrogens is 162 g/mol. The molecule has 1 aliphatic carbocycles. The average molecular weight is 185 g/mol. The standard InChI is InChI=1S/C11H23NO/c1-9(13-2)8-11(12)10-6-4-3-5-7-10/h9-11H,3-8,12H2,1-2H3. The maximum atomic E-state index is 6.14. The Balaban J connectivity index is 2.24. The second kappa shape index (κ2) is 5.61. The fourth-order valence-electron chi connectivity index (χ4n) is 2.23. The largest absolute Gasteiger partial charge is 0.382 e. The molecule has 0 aromatic heterocycles. The predicted octanol–water partition coefficient (Wildman–Crippen LogP) is 2.32. The molecule has 2 heteroatoms. The highest BCUT2D eigenvalue weighted by molar-refractivity contribution is 4.77. The Kier molecular flexibility index (Phi) is 4.74. The van der Waals surface area contributed by atoms with E-state index in [1.54, 1.807) is 7.11 Å². The van der Waals surface area contributed by atoms with Crippen molar-refractivity contribution < 1.29 is 4.74 Å². The van der Waals surface area contributed by atoms with Crippen LogP contribution in [0.2, 0.25) is 0 Å². The Bertz CT molecular complexity index is 132. The van der Waals surface area contributed by atoms with Crippen LogP contribution in [0.4, 0.5) is 0 Å². The Labute approximate surface area is 81.8 Å². The number of rotatable bonds is 4. The maximum Gasteiger partial charge on any atom is 0.0558 e. The summed E-state index contributed by atoms with van der Waals surface area (Å²) in [7, 11) is 1.76. The summed E-state index contributed by atoms with van der Waals surface area (Å²) in [6.45, 7) is 2.10. The van der Waals surface area contributed by atoms with Crippen LogP contribution in [0.1, 0.15) is 45.4 Å². The minimum absolute atomic E-state index is 0.317. The number of nitrogens with two attached hydrogens (primary N) is 1. The van der Waals surface area contributed by atoms with Crippen LogP contribution in [0.5, 0.6) is 0 Å². The van der Waals surface area contributed by atoms with Crippen LogP contribution in [0.25, 0.3) is 0 Å². The Morgan fingerprint density at radius 2 is 1.92 bits per heavy atom. The Hall–Kier alpha value is -0.0800. The summed E-state index contributed by atoms with van der Waals surface area (Å²) < 4.78 is 5.23. The van der Waals surface area contributed by atoms with E-state index in [4.69, 9.17) is 10.5 Å². The fraction of sp³-hybridized carbons (Fsp3) is 1.00. The van der Waals surface area contributed by atoms with E-state index >= 15 is 0 Å². The summed E-state index contributed by atoms with van der Waals surface area (Å²) in [6.07, 6.45) is 8.15. The van der Waals surface area contributed by atoms with Crippen molar-refractivity contribution in [2.45, 2.75) is 57.6 Å². The third-order valence-electron chi connectivity index (χ3n) is 3.26. The highest BCUT2D eigenvalue weighted by atomic mass is 16.5. The van der Waals surface area contributed by atoms with E-state index in [-0.39, 0.29) is 0 Å². The molecule has 78 valence electrons. The molecule has 0 aromatic carbocycles. The molecule has 1 fully saturated rings. The second-order valence-electron chi connectivity index (χ2n) is 4.34. The van der Waals surface area contributed by atoms with Gasteiger partial charge in [-0.15, -0.1) is 0 Å². The van der Waals surface area contributed by atoms with Crippen molar-refractivity contribution in [2.24, 2.45) is 11.7 Å². The number of hydrogen-bond donors (Lipinski definition) is 1. The fourth-order valence-corrected chi connectivity index (χ4v) is 2.23. The quantitative estimate of drug-likeness (QED) is 0.729. The lowest BCUT2D eigenvalue weighted by Crippen LogP contribution is -2.34. The summed E-state index contributed by atoms with van der Waals surface area (Å²) in [5, 5.41) is 0. The molecule has 0 saturated heterocycles. The van der Waals surface area contributed by atoms with Crippen molar-refractivity contribution in [1.82, 2.24) is 0 Å². The van der Waals surface area contributed by atoms with Gasteiger partial charge in [0.25, 0.3) is 0 Å². The average Bonchev–Trinajstić information content (AvgIpc) is 2.19. The van der Waals surface area contributed by atoms with Crippen molar-refractivity contribution in [3.05, 3.63) is 0 Å². The first-order valence-corrected chi connectivity index (χ1v) is 5.52. The van der Waals surface area contributed by atoms with Gasteiger partial charge in [0.15, 0.2) is 0 Å². The second-order valence-corrected chi connectivity index (χ2v) is 4.34. The summed E-state index contributed by atoms with van der Waals surface area (Å²) in [5.74, 6) is 0.756. The topological polar surface area (TPSA) is 35.2 Å². The molecule has 0 amide bonds. The van der Waals surface area contributed by atoms with Gasteiger partial charge in [0.1, 0.15) is 0 Å². The van der Waals surface area contributed by atoms with Gasteiger partial charge in [-0.25, -0.2) is 0 Å². The van der Waals surface area contributed by atoms with Gasteiger partial charge in [0.2, 0.25) is 0 Å². The normalized spacial score (nSPS) is 24.2. The summed E-state index contributed by atoms with van der Waals surface area (Å²) in [5.41, 5.74) is 6.14. The van der Waals surface area contributed by atoms with Crippen LogP contribution >= 0.6 is 0 Å². The molecule has 1 saturated carbocycles. The molecular formula is C11H23NO. The first-order valence-electron chi connectivity index (χ1n) is 5.52. The van der Waals surface area contributed by atoms with Crippen molar-refractivity contribution in [2.75, 3.05) is 7.11 Å². The van der Waals surface area contributed by atoms with Crippen molar-refractivity contribution in [1.29, 1.82) is 0 Å². The number of hydrogen-bond acceptors (Lipinski definition) is 2. The van der Waals surface area contributed by atoms with E-state index in [0.29, 0.717) is 12.1 Å². The van der Waals surface area contributed by atoms with Crippen LogP contribution < -0.4 is 5.73 Å². The number of methoxy groups -OCH3 is 1. The van der Waals surface area contributed by atoms with Crippen molar-refractivity contribution >= 4 is 0 Å². The van der Waals surface area contributed by atoms with Crippen LogP contribution in [0.3, 0.4) is 0 Å². The van der Waals surface area contributed by atoms with E-state index in [1.165, 1.54) is 32.1 Å². The molecule has 1 rings (SSSR count). The molecule has 0 aromatic rings. The zero-order valence-electron chi connectivity index (χ0n) is 8.96. The third-order valence-corrected chi connectivity index (χ3v) is 3.26. The first kappa shape index (κ1) is 11.0. The van der Waals surface area contributed by atoms with Gasteiger partial charge in [0, 0.05) is 13.2 Å². The number of ether oxygens (including phenoxy) is 1. The first-order chi connectivity index (χ1) is 6.24. The smallest absolute Gasteiger partial charge is 0.0558 e. The van der Waals surface area contributed by atoms with Crippen molar-refractivity contribution in [3.8, 4) is 0 Å². The van der Waals surface area contributed by atoms with E-state index in [9.17, 15) is 0 Å². The molecule has 13 heavy (non-hydrogen) atoms. The minimum atomic E-state index is 0.317. The third kappa shape index (κ3) is 3.65.